The number of likely N-dealkylation sites (tertiary alicyclic amines) is 1. The lowest BCUT2D eigenvalue weighted by Crippen LogP contribution is -2.55. The van der Waals surface area contributed by atoms with E-state index >= 15 is 8.78 Å². The number of amides is 1. The maximum atomic E-state index is 15.1. The van der Waals surface area contributed by atoms with Crippen molar-refractivity contribution in [3.63, 3.8) is 0 Å². The van der Waals surface area contributed by atoms with Crippen molar-refractivity contribution in [2.75, 3.05) is 25.0 Å². The normalized spacial score (nSPS) is 17.9. The molecule has 6 nitrogen and oxygen atoms in total. The van der Waals surface area contributed by atoms with E-state index in [9.17, 15) is 4.79 Å². The van der Waals surface area contributed by atoms with E-state index in [-0.39, 0.29) is 35.8 Å². The molecule has 0 atom stereocenters. The Morgan fingerprint density at radius 3 is 2.49 bits per heavy atom. The number of aromatic nitrogens is 2. The minimum Gasteiger partial charge on any atom is -0.476 e. The molecule has 0 unspecified atom stereocenters. The topological polar surface area (TPSA) is 58.6 Å². The zero-order chi connectivity index (χ0) is 28.1. The van der Waals surface area contributed by atoms with E-state index in [1.807, 2.05) is 39.0 Å². The molecule has 0 N–H and O–H groups in total. The molecule has 3 heterocycles. The van der Waals surface area contributed by atoms with Crippen LogP contribution < -0.4 is 9.64 Å². The van der Waals surface area contributed by atoms with Gasteiger partial charge in [-0.15, -0.1) is 0 Å². The third-order valence-corrected chi connectivity index (χ3v) is 7.77. The fraction of sp³-hybridized carbons (Fsp3) is 0.452. The molecule has 39 heavy (non-hydrogen) atoms. The standard InChI is InChI=1S/C31H36F2N4O2/c1-18(2)37-26-16-22(13-19(3)29(26)39-31(4,5)30(37)38)28-25(33)17-34-27(35-28)15-20-7-8-23(24(32)14-20)21-9-11-36(6)12-10-21/h7-8,13-14,16-18,21H,9-12,15H2,1-6H3. The molecule has 2 aliphatic heterocycles. The average molecular weight is 535 g/mol. The highest BCUT2D eigenvalue weighted by Gasteiger charge is 2.42. The zero-order valence-corrected chi connectivity index (χ0v) is 23.5. The Kier molecular flexibility index (Phi) is 7.18. The fourth-order valence-electron chi connectivity index (χ4n) is 5.62. The predicted octanol–water partition coefficient (Wildman–Crippen LogP) is 6.04. The van der Waals surface area contributed by atoms with Gasteiger partial charge in [-0.05, 0) is 108 Å². The van der Waals surface area contributed by atoms with Gasteiger partial charge in [0.1, 0.15) is 23.1 Å². The van der Waals surface area contributed by atoms with Gasteiger partial charge in [-0.1, -0.05) is 12.1 Å². The predicted molar refractivity (Wildman–Crippen MR) is 148 cm³/mol. The largest absolute Gasteiger partial charge is 0.476 e. The summed E-state index contributed by atoms with van der Waals surface area (Å²) >= 11 is 0. The van der Waals surface area contributed by atoms with E-state index in [0.717, 1.165) is 48.8 Å². The second kappa shape index (κ2) is 10.3. The highest BCUT2D eigenvalue weighted by atomic mass is 19.1. The zero-order valence-electron chi connectivity index (χ0n) is 23.5. The molecule has 1 amide bonds. The number of aryl methyl sites for hydroxylation is 1. The van der Waals surface area contributed by atoms with E-state index in [1.165, 1.54) is 0 Å². The maximum Gasteiger partial charge on any atom is 0.270 e. The number of hydrogen-bond donors (Lipinski definition) is 0. The number of carbonyl (C=O) groups excluding carboxylic acids is 1. The van der Waals surface area contributed by atoms with Crippen molar-refractivity contribution in [2.24, 2.45) is 0 Å². The summed E-state index contributed by atoms with van der Waals surface area (Å²) < 4.78 is 36.2. The summed E-state index contributed by atoms with van der Waals surface area (Å²) in [5, 5.41) is 0. The molecule has 2 aliphatic rings. The minimum atomic E-state index is -1.00. The van der Waals surface area contributed by atoms with E-state index in [4.69, 9.17) is 4.74 Å². The van der Waals surface area contributed by atoms with Gasteiger partial charge in [0.25, 0.3) is 5.91 Å². The Balaban J connectivity index is 1.45. The van der Waals surface area contributed by atoms with Crippen molar-refractivity contribution < 1.29 is 18.3 Å². The highest BCUT2D eigenvalue weighted by molar-refractivity contribution is 6.03. The molecule has 3 aromatic rings. The third-order valence-electron chi connectivity index (χ3n) is 7.77. The van der Waals surface area contributed by atoms with Gasteiger partial charge in [-0.3, -0.25) is 4.79 Å². The summed E-state index contributed by atoms with van der Waals surface area (Å²) in [6.07, 6.45) is 3.32. The second-order valence-corrected chi connectivity index (χ2v) is 11.6. The smallest absolute Gasteiger partial charge is 0.270 e. The number of fused-ring (bicyclic) bond motifs is 1. The molecule has 2 aromatic carbocycles. The summed E-state index contributed by atoms with van der Waals surface area (Å²) in [7, 11) is 2.09. The Bertz CT molecular complexity index is 1410. The van der Waals surface area contributed by atoms with E-state index in [0.29, 0.717) is 22.8 Å². The number of nitrogens with zero attached hydrogens (tertiary/aromatic N) is 4. The summed E-state index contributed by atoms with van der Waals surface area (Å²) in [5.74, 6) is 0.283. The van der Waals surface area contributed by atoms with Crippen LogP contribution in [-0.2, 0) is 11.2 Å². The molecule has 1 saturated heterocycles. The van der Waals surface area contributed by atoms with Gasteiger partial charge in [-0.25, -0.2) is 18.7 Å². The summed E-state index contributed by atoms with van der Waals surface area (Å²) in [5.41, 5.74) is 2.51. The number of anilines is 1. The monoisotopic (exact) mass is 534 g/mol. The number of rotatable bonds is 5. The molecule has 0 spiro atoms. The van der Waals surface area contributed by atoms with Crippen LogP contribution in [0.1, 0.15) is 69.0 Å². The van der Waals surface area contributed by atoms with Crippen LogP contribution in [-0.4, -0.2) is 52.6 Å². The number of benzene rings is 2. The summed E-state index contributed by atoms with van der Waals surface area (Å²) in [6.45, 7) is 11.2. The molecule has 0 radical (unpaired) electrons. The number of piperidine rings is 1. The van der Waals surface area contributed by atoms with Gasteiger partial charge in [0, 0.05) is 18.0 Å². The van der Waals surface area contributed by atoms with E-state index in [1.54, 1.807) is 30.9 Å². The number of halogens is 2. The third kappa shape index (κ3) is 5.26. The molecule has 1 aromatic heterocycles. The number of carbonyl (C=O) groups is 1. The van der Waals surface area contributed by atoms with Crippen LogP contribution in [0.15, 0.2) is 36.5 Å². The molecular weight excluding hydrogens is 498 g/mol. The first-order valence-electron chi connectivity index (χ1n) is 13.6. The molecular formula is C31H36F2N4O2. The van der Waals surface area contributed by atoms with Crippen molar-refractivity contribution >= 4 is 11.6 Å². The van der Waals surface area contributed by atoms with Gasteiger partial charge in [-0.2, -0.15) is 0 Å². The van der Waals surface area contributed by atoms with E-state index in [2.05, 4.69) is 21.9 Å². The SMILES string of the molecule is Cc1cc(-c2nc(Cc3ccc(C4CCN(C)CC4)c(F)c3)ncc2F)cc2c1OC(C)(C)C(=O)N2C(C)C. The lowest BCUT2D eigenvalue weighted by Gasteiger charge is -2.41. The van der Waals surface area contributed by atoms with Crippen LogP contribution in [0.4, 0.5) is 14.5 Å². The Hall–Kier alpha value is -3.39. The van der Waals surface area contributed by atoms with Gasteiger partial charge in [0.2, 0.25) is 0 Å². The molecule has 0 bridgehead atoms. The van der Waals surface area contributed by atoms with Gasteiger partial charge < -0.3 is 14.5 Å². The minimum absolute atomic E-state index is 0.118. The van der Waals surface area contributed by atoms with Crippen LogP contribution >= 0.6 is 0 Å². The first kappa shape index (κ1) is 27.2. The quantitative estimate of drug-likeness (QED) is 0.399. The van der Waals surface area contributed by atoms with E-state index < -0.39 is 11.4 Å². The van der Waals surface area contributed by atoms with Gasteiger partial charge >= 0.3 is 0 Å². The van der Waals surface area contributed by atoms with Crippen LogP contribution in [0.5, 0.6) is 5.75 Å². The highest BCUT2D eigenvalue weighted by Crippen LogP contribution is 2.44. The Morgan fingerprint density at radius 2 is 1.82 bits per heavy atom. The fourth-order valence-corrected chi connectivity index (χ4v) is 5.62. The molecule has 0 aliphatic carbocycles. The molecule has 8 heteroatoms. The van der Waals surface area contributed by atoms with Crippen LogP contribution in [0.2, 0.25) is 0 Å². The number of hydrogen-bond acceptors (Lipinski definition) is 5. The van der Waals surface area contributed by atoms with Crippen LogP contribution in [0.3, 0.4) is 0 Å². The number of ether oxygens (including phenoxy) is 1. The summed E-state index contributed by atoms with van der Waals surface area (Å²) in [6, 6.07) is 8.78. The van der Waals surface area contributed by atoms with Crippen molar-refractivity contribution in [3.8, 4) is 17.0 Å². The molecule has 5 rings (SSSR count). The van der Waals surface area contributed by atoms with Gasteiger partial charge in [0.05, 0.1) is 11.9 Å². The summed E-state index contributed by atoms with van der Waals surface area (Å²) in [4.78, 5) is 25.9. The first-order valence-corrected chi connectivity index (χ1v) is 13.6. The van der Waals surface area contributed by atoms with Crippen molar-refractivity contribution in [3.05, 3.63) is 70.7 Å². The maximum absolute atomic E-state index is 15.1. The van der Waals surface area contributed by atoms with Crippen molar-refractivity contribution in [1.82, 2.24) is 14.9 Å². The second-order valence-electron chi connectivity index (χ2n) is 11.6. The first-order chi connectivity index (χ1) is 18.4. The van der Waals surface area contributed by atoms with Crippen LogP contribution in [0, 0.1) is 18.6 Å². The van der Waals surface area contributed by atoms with Crippen molar-refractivity contribution in [2.45, 2.75) is 71.4 Å². The average Bonchev–Trinajstić information content (AvgIpc) is 2.87. The molecule has 206 valence electrons. The van der Waals surface area contributed by atoms with Crippen LogP contribution in [0.25, 0.3) is 11.3 Å². The Labute approximate surface area is 229 Å². The van der Waals surface area contributed by atoms with Crippen molar-refractivity contribution in [1.29, 1.82) is 0 Å². The molecule has 0 saturated carbocycles. The Morgan fingerprint density at radius 1 is 1.10 bits per heavy atom. The van der Waals surface area contributed by atoms with Gasteiger partial charge in [0.15, 0.2) is 11.4 Å². The lowest BCUT2D eigenvalue weighted by molar-refractivity contribution is -0.133. The lowest BCUT2D eigenvalue weighted by atomic mass is 9.88. The molecule has 1 fully saturated rings.